The summed E-state index contributed by atoms with van der Waals surface area (Å²) in [6.07, 6.45) is 5.37. The molecule has 0 spiro atoms. The molecule has 3 rings (SSSR count). The molecule has 0 fully saturated rings. The topological polar surface area (TPSA) is 45.6 Å². The van der Waals surface area contributed by atoms with Crippen LogP contribution in [0.15, 0.2) is 48.2 Å². The van der Waals surface area contributed by atoms with Crippen molar-refractivity contribution < 1.29 is 14.2 Å². The Bertz CT molecular complexity index is 810. The third kappa shape index (κ3) is 3.99. The number of nitrogens with zero attached hydrogens (tertiary/aromatic N) is 2. The zero-order valence-electron chi connectivity index (χ0n) is 14.6. The summed E-state index contributed by atoms with van der Waals surface area (Å²) in [6.45, 7) is -1.08. The van der Waals surface area contributed by atoms with Gasteiger partial charge in [0.1, 0.15) is 18.5 Å². The highest BCUT2D eigenvalue weighted by Crippen LogP contribution is 2.28. The van der Waals surface area contributed by atoms with Crippen LogP contribution >= 0.6 is 0 Å². The van der Waals surface area contributed by atoms with Crippen LogP contribution in [0.25, 0.3) is 16.5 Å². The van der Waals surface area contributed by atoms with Crippen LogP contribution in [0.5, 0.6) is 5.75 Å². The molecule has 0 radical (unpaired) electrons. The Balaban J connectivity index is 1.88. The highest BCUT2D eigenvalue weighted by Gasteiger charge is 2.12. The highest BCUT2D eigenvalue weighted by molar-refractivity contribution is 5.82. The van der Waals surface area contributed by atoms with Crippen molar-refractivity contribution in [2.75, 3.05) is 27.4 Å². The predicted octanol–water partition coefficient (Wildman–Crippen LogP) is 3.57. The van der Waals surface area contributed by atoms with Gasteiger partial charge in [-0.2, -0.15) is 0 Å². The van der Waals surface area contributed by atoms with Crippen molar-refractivity contribution in [2.24, 2.45) is 0 Å². The summed E-state index contributed by atoms with van der Waals surface area (Å²) >= 11 is 0. The molecule has 5 heteroatoms. The SMILES string of the molecule is CN(C)C1=CC=C(c2ccc3ccc(OC(CO)CF)cc3n2)CC1. The predicted molar refractivity (Wildman–Crippen MR) is 98.2 cm³/mol. The number of pyridine rings is 1. The molecule has 1 aromatic heterocycles. The summed E-state index contributed by atoms with van der Waals surface area (Å²) in [5, 5.41) is 10.1. The molecule has 0 saturated carbocycles. The molecular formula is C20H23FN2O2. The summed E-state index contributed by atoms with van der Waals surface area (Å²) < 4.78 is 18.2. The Morgan fingerprint density at radius 3 is 2.64 bits per heavy atom. The van der Waals surface area contributed by atoms with Gasteiger partial charge in [0.25, 0.3) is 0 Å². The molecule has 1 heterocycles. The number of allylic oxidation sites excluding steroid dienone is 4. The first-order valence-electron chi connectivity index (χ1n) is 8.42. The molecule has 0 saturated heterocycles. The average molecular weight is 342 g/mol. The van der Waals surface area contributed by atoms with Crippen molar-refractivity contribution in [2.45, 2.75) is 18.9 Å². The van der Waals surface area contributed by atoms with Gasteiger partial charge in [0.2, 0.25) is 0 Å². The molecule has 25 heavy (non-hydrogen) atoms. The van der Waals surface area contributed by atoms with Crippen LogP contribution in [0, 0.1) is 0 Å². The number of aromatic nitrogens is 1. The number of ether oxygens (including phenoxy) is 1. The van der Waals surface area contributed by atoms with E-state index >= 15 is 0 Å². The van der Waals surface area contributed by atoms with Crippen molar-refractivity contribution in [3.63, 3.8) is 0 Å². The van der Waals surface area contributed by atoms with Gasteiger partial charge < -0.3 is 14.7 Å². The number of alkyl halides is 1. The second-order valence-electron chi connectivity index (χ2n) is 6.37. The highest BCUT2D eigenvalue weighted by atomic mass is 19.1. The third-order valence-electron chi connectivity index (χ3n) is 4.37. The summed E-state index contributed by atoms with van der Waals surface area (Å²) in [4.78, 5) is 6.87. The van der Waals surface area contributed by atoms with Crippen molar-refractivity contribution in [1.82, 2.24) is 9.88 Å². The van der Waals surface area contributed by atoms with E-state index in [4.69, 9.17) is 14.8 Å². The quantitative estimate of drug-likeness (QED) is 0.872. The van der Waals surface area contributed by atoms with E-state index in [0.29, 0.717) is 5.75 Å². The van der Waals surface area contributed by atoms with Gasteiger partial charge >= 0.3 is 0 Å². The molecule has 1 unspecified atom stereocenters. The van der Waals surface area contributed by atoms with Gasteiger partial charge in [-0.05, 0) is 42.7 Å². The second-order valence-corrected chi connectivity index (χ2v) is 6.37. The third-order valence-corrected chi connectivity index (χ3v) is 4.37. The number of rotatable bonds is 6. The van der Waals surface area contributed by atoms with Crippen LogP contribution in [0.4, 0.5) is 4.39 Å². The van der Waals surface area contributed by atoms with E-state index in [2.05, 4.69) is 31.1 Å². The lowest BCUT2D eigenvalue weighted by Crippen LogP contribution is -2.23. The molecule has 1 aliphatic carbocycles. The molecule has 132 valence electrons. The summed E-state index contributed by atoms with van der Waals surface area (Å²) in [5.41, 5.74) is 4.26. The van der Waals surface area contributed by atoms with Crippen LogP contribution in [0.1, 0.15) is 18.5 Å². The molecule has 0 amide bonds. The zero-order valence-corrected chi connectivity index (χ0v) is 14.6. The average Bonchev–Trinajstić information content (AvgIpc) is 2.65. The van der Waals surface area contributed by atoms with E-state index in [-0.39, 0.29) is 6.61 Å². The maximum absolute atomic E-state index is 12.7. The minimum Gasteiger partial charge on any atom is -0.485 e. The Hall–Kier alpha value is -2.40. The fourth-order valence-electron chi connectivity index (χ4n) is 2.87. The van der Waals surface area contributed by atoms with Crippen molar-refractivity contribution in [3.8, 4) is 5.75 Å². The number of benzene rings is 1. The van der Waals surface area contributed by atoms with Crippen LogP contribution in [0.2, 0.25) is 0 Å². The van der Waals surface area contributed by atoms with Gasteiger partial charge in [-0.1, -0.05) is 12.1 Å². The van der Waals surface area contributed by atoms with Crippen LogP contribution in [-0.2, 0) is 0 Å². The van der Waals surface area contributed by atoms with Crippen LogP contribution < -0.4 is 4.74 Å². The normalized spacial score (nSPS) is 15.5. The van der Waals surface area contributed by atoms with E-state index < -0.39 is 12.8 Å². The molecule has 0 aliphatic heterocycles. The number of hydrogen-bond acceptors (Lipinski definition) is 4. The van der Waals surface area contributed by atoms with Gasteiger partial charge in [0.15, 0.2) is 0 Å². The van der Waals surface area contributed by atoms with E-state index in [1.54, 1.807) is 12.1 Å². The largest absolute Gasteiger partial charge is 0.485 e. The Kier molecular flexibility index (Phi) is 5.34. The van der Waals surface area contributed by atoms with Crippen LogP contribution in [-0.4, -0.2) is 48.5 Å². The summed E-state index contributed by atoms with van der Waals surface area (Å²) in [7, 11) is 4.11. The van der Waals surface area contributed by atoms with Crippen molar-refractivity contribution in [3.05, 3.63) is 53.9 Å². The zero-order chi connectivity index (χ0) is 17.8. The van der Waals surface area contributed by atoms with E-state index in [1.807, 2.05) is 18.2 Å². The number of aliphatic hydroxyl groups excluding tert-OH is 1. The minimum absolute atomic E-state index is 0.352. The van der Waals surface area contributed by atoms with Gasteiger partial charge in [-0.25, -0.2) is 9.37 Å². The lowest BCUT2D eigenvalue weighted by molar-refractivity contribution is 0.0933. The molecular weight excluding hydrogens is 319 g/mol. The minimum atomic E-state index is -0.837. The first-order chi connectivity index (χ1) is 12.1. The lowest BCUT2D eigenvalue weighted by Gasteiger charge is -2.21. The van der Waals surface area contributed by atoms with Crippen molar-refractivity contribution >= 4 is 16.5 Å². The Labute approximate surface area is 147 Å². The Morgan fingerprint density at radius 2 is 2.00 bits per heavy atom. The van der Waals surface area contributed by atoms with E-state index in [9.17, 15) is 4.39 Å². The molecule has 1 aromatic carbocycles. The summed E-state index contributed by atoms with van der Waals surface area (Å²) in [6, 6.07) is 9.52. The van der Waals surface area contributed by atoms with Gasteiger partial charge in [0, 0.05) is 31.2 Å². The Morgan fingerprint density at radius 1 is 1.20 bits per heavy atom. The number of hydrogen-bond donors (Lipinski definition) is 1. The lowest BCUT2D eigenvalue weighted by atomic mass is 9.98. The fourth-order valence-corrected chi connectivity index (χ4v) is 2.87. The molecule has 1 aliphatic rings. The number of fused-ring (bicyclic) bond motifs is 1. The number of halogens is 1. The van der Waals surface area contributed by atoms with Gasteiger partial charge in [0.05, 0.1) is 17.8 Å². The van der Waals surface area contributed by atoms with Crippen LogP contribution in [0.3, 0.4) is 0 Å². The maximum Gasteiger partial charge on any atom is 0.150 e. The number of aliphatic hydroxyl groups is 1. The maximum atomic E-state index is 12.7. The molecule has 2 aromatic rings. The van der Waals surface area contributed by atoms with E-state index in [0.717, 1.165) is 29.4 Å². The second kappa shape index (κ2) is 7.66. The first-order valence-corrected chi connectivity index (χ1v) is 8.42. The summed E-state index contributed by atoms with van der Waals surface area (Å²) in [5.74, 6) is 0.515. The fraction of sp³-hybridized carbons (Fsp3) is 0.350. The standard InChI is InChI=1S/C20H23FN2O2/c1-23(2)16-7-3-14(4-8-16)19-10-6-15-5-9-17(11-20(15)22-19)25-18(12-21)13-24/h3,5-7,9-11,18,24H,4,8,12-13H2,1-2H3. The molecule has 1 atom stereocenters. The van der Waals surface area contributed by atoms with Gasteiger partial charge in [-0.3, -0.25) is 0 Å². The first kappa shape index (κ1) is 17.4. The molecule has 0 bridgehead atoms. The molecule has 4 nitrogen and oxygen atoms in total. The van der Waals surface area contributed by atoms with E-state index in [1.165, 1.54) is 11.3 Å². The van der Waals surface area contributed by atoms with Crippen molar-refractivity contribution in [1.29, 1.82) is 0 Å². The monoisotopic (exact) mass is 342 g/mol. The smallest absolute Gasteiger partial charge is 0.150 e. The van der Waals surface area contributed by atoms with Gasteiger partial charge in [-0.15, -0.1) is 0 Å². The molecule has 1 N–H and O–H groups in total.